The Kier molecular flexibility index (Phi) is 9.97. The number of rotatable bonds is 15. The highest BCUT2D eigenvalue weighted by Gasteiger charge is 2.38. The molecule has 33 heavy (non-hydrogen) atoms. The Morgan fingerprint density at radius 3 is 2.00 bits per heavy atom. The summed E-state index contributed by atoms with van der Waals surface area (Å²) in [6, 6.07) is 15.8. The van der Waals surface area contributed by atoms with E-state index in [4.69, 9.17) is 14.2 Å². The minimum absolute atomic E-state index is 0.213. The van der Waals surface area contributed by atoms with Crippen LogP contribution in [-0.4, -0.2) is 25.8 Å². The van der Waals surface area contributed by atoms with Crippen molar-refractivity contribution in [2.45, 2.75) is 91.5 Å². The minimum Gasteiger partial charge on any atom is -0.328 e. The molecule has 2 unspecified atom stereocenters. The Hall–Kier alpha value is -1.68. The van der Waals surface area contributed by atoms with Crippen molar-refractivity contribution in [1.82, 2.24) is 0 Å². The summed E-state index contributed by atoms with van der Waals surface area (Å²) >= 11 is 0. The smallest absolute Gasteiger partial charge is 0.285 e. The molecular formula is C30H44O3. The molecule has 0 saturated heterocycles. The van der Waals surface area contributed by atoms with Gasteiger partial charge in [0.05, 0.1) is 0 Å². The molecule has 0 N–H and O–H groups in total. The molecule has 1 aliphatic carbocycles. The zero-order chi connectivity index (χ0) is 23.7. The number of hydrogen-bond donors (Lipinski definition) is 0. The lowest BCUT2D eigenvalue weighted by atomic mass is 9.89. The van der Waals surface area contributed by atoms with Crippen molar-refractivity contribution < 1.29 is 14.2 Å². The lowest BCUT2D eigenvalue weighted by molar-refractivity contribution is -0.400. The molecule has 0 amide bonds. The number of ether oxygens (including phenoxy) is 3. The molecular weight excluding hydrogens is 408 g/mol. The predicted molar refractivity (Wildman–Crippen MR) is 138 cm³/mol. The van der Waals surface area contributed by atoms with Gasteiger partial charge in [-0.15, -0.1) is 0 Å². The summed E-state index contributed by atoms with van der Waals surface area (Å²) in [4.78, 5) is 0. The zero-order valence-electron chi connectivity index (χ0n) is 21.5. The van der Waals surface area contributed by atoms with Crippen LogP contribution in [0.15, 0.2) is 42.5 Å². The van der Waals surface area contributed by atoms with Crippen LogP contribution < -0.4 is 0 Å². The van der Waals surface area contributed by atoms with Gasteiger partial charge in [-0.3, -0.25) is 0 Å². The van der Waals surface area contributed by atoms with Crippen LogP contribution >= 0.6 is 0 Å². The molecule has 0 spiro atoms. The fourth-order valence-electron chi connectivity index (χ4n) is 5.39. The maximum absolute atomic E-state index is 5.95. The third-order valence-electron chi connectivity index (χ3n) is 7.08. The number of unbranched alkanes of at least 4 members (excludes halogenated alkanes) is 3. The van der Waals surface area contributed by atoms with E-state index in [1.165, 1.54) is 48.8 Å². The Balaban J connectivity index is 1.45. The molecule has 0 saturated carbocycles. The molecule has 0 aromatic heterocycles. The lowest BCUT2D eigenvalue weighted by Crippen LogP contribution is -2.45. The first-order chi connectivity index (χ1) is 16.1. The SMILES string of the molecule is CCOC(OCC)(OCC)C(C)CCCCCCC(C)c1cccc2c1Cc1ccccc1-2. The van der Waals surface area contributed by atoms with Crippen molar-refractivity contribution in [1.29, 1.82) is 0 Å². The number of fused-ring (bicyclic) bond motifs is 3. The number of benzene rings is 2. The van der Waals surface area contributed by atoms with Crippen molar-refractivity contribution in [3.8, 4) is 11.1 Å². The highest BCUT2D eigenvalue weighted by Crippen LogP contribution is 2.41. The molecule has 1 aliphatic rings. The average Bonchev–Trinajstić information content (AvgIpc) is 3.20. The Bertz CT molecular complexity index is 842. The van der Waals surface area contributed by atoms with E-state index in [0.29, 0.717) is 25.7 Å². The summed E-state index contributed by atoms with van der Waals surface area (Å²) < 4.78 is 17.8. The van der Waals surface area contributed by atoms with Crippen LogP contribution in [0.25, 0.3) is 11.1 Å². The van der Waals surface area contributed by atoms with E-state index >= 15 is 0 Å². The maximum atomic E-state index is 5.95. The molecule has 0 bridgehead atoms. The van der Waals surface area contributed by atoms with Crippen LogP contribution in [0.1, 0.15) is 95.8 Å². The van der Waals surface area contributed by atoms with Crippen molar-refractivity contribution in [3.63, 3.8) is 0 Å². The first-order valence-electron chi connectivity index (χ1n) is 13.2. The molecule has 3 nitrogen and oxygen atoms in total. The second-order valence-electron chi connectivity index (χ2n) is 9.40. The average molecular weight is 453 g/mol. The number of hydrogen-bond acceptors (Lipinski definition) is 3. The summed E-state index contributed by atoms with van der Waals surface area (Å²) in [5.41, 5.74) is 7.46. The molecule has 0 radical (unpaired) electrons. The second kappa shape index (κ2) is 12.7. The summed E-state index contributed by atoms with van der Waals surface area (Å²) in [6.07, 6.45) is 8.38. The molecule has 0 aliphatic heterocycles. The Morgan fingerprint density at radius 1 is 0.727 bits per heavy atom. The van der Waals surface area contributed by atoms with Gasteiger partial charge in [-0.1, -0.05) is 82.0 Å². The molecule has 3 heteroatoms. The molecule has 3 rings (SSSR count). The first kappa shape index (κ1) is 25.9. The Morgan fingerprint density at radius 2 is 1.33 bits per heavy atom. The first-order valence-corrected chi connectivity index (χ1v) is 13.2. The third-order valence-corrected chi connectivity index (χ3v) is 7.08. The fraction of sp³-hybridized carbons (Fsp3) is 0.600. The zero-order valence-corrected chi connectivity index (χ0v) is 21.5. The third kappa shape index (κ3) is 6.26. The monoisotopic (exact) mass is 452 g/mol. The maximum Gasteiger partial charge on any atom is 0.285 e. The van der Waals surface area contributed by atoms with E-state index in [1.807, 2.05) is 20.8 Å². The van der Waals surface area contributed by atoms with Crippen molar-refractivity contribution in [2.75, 3.05) is 19.8 Å². The van der Waals surface area contributed by atoms with Crippen molar-refractivity contribution in [2.24, 2.45) is 5.92 Å². The van der Waals surface area contributed by atoms with Crippen molar-refractivity contribution >= 4 is 0 Å². The molecule has 0 fully saturated rings. The van der Waals surface area contributed by atoms with Crippen LogP contribution in [0.5, 0.6) is 0 Å². The standard InChI is InChI=1S/C30H44O3/c1-6-31-30(32-7-2,33-8-3)24(5)17-12-10-9-11-16-23(4)26-20-15-21-28-27-19-14-13-18-25(27)22-29(26)28/h13-15,18-21,23-24H,6-12,16-17,22H2,1-5H3. The lowest BCUT2D eigenvalue weighted by Gasteiger charge is -2.37. The highest BCUT2D eigenvalue weighted by atomic mass is 16.9. The Labute approximate surface area is 201 Å². The molecule has 2 aromatic carbocycles. The summed E-state index contributed by atoms with van der Waals surface area (Å²) in [6.45, 7) is 12.4. The highest BCUT2D eigenvalue weighted by molar-refractivity contribution is 5.78. The predicted octanol–water partition coefficient (Wildman–Crippen LogP) is 8.10. The van der Waals surface area contributed by atoms with Gasteiger partial charge < -0.3 is 14.2 Å². The second-order valence-corrected chi connectivity index (χ2v) is 9.40. The van der Waals surface area contributed by atoms with Gasteiger partial charge in [0.15, 0.2) is 0 Å². The molecule has 0 heterocycles. The van der Waals surface area contributed by atoms with Gasteiger partial charge in [0.2, 0.25) is 0 Å². The topological polar surface area (TPSA) is 27.7 Å². The van der Waals surface area contributed by atoms with Crippen LogP contribution in [-0.2, 0) is 20.6 Å². The summed E-state index contributed by atoms with van der Waals surface area (Å²) in [5, 5.41) is 0. The van der Waals surface area contributed by atoms with E-state index in [-0.39, 0.29) is 5.92 Å². The molecule has 2 aromatic rings. The van der Waals surface area contributed by atoms with Crippen molar-refractivity contribution in [3.05, 3.63) is 59.2 Å². The van der Waals surface area contributed by atoms with Crippen LogP contribution in [0.3, 0.4) is 0 Å². The van der Waals surface area contributed by atoms with Gasteiger partial charge >= 0.3 is 0 Å². The van der Waals surface area contributed by atoms with E-state index in [0.717, 1.165) is 12.8 Å². The van der Waals surface area contributed by atoms with E-state index in [9.17, 15) is 0 Å². The summed E-state index contributed by atoms with van der Waals surface area (Å²) in [7, 11) is 0. The fourth-order valence-corrected chi connectivity index (χ4v) is 5.39. The van der Waals surface area contributed by atoms with Gasteiger partial charge in [-0.05, 0) is 73.8 Å². The normalized spacial score (nSPS) is 14.7. The van der Waals surface area contributed by atoms with E-state index < -0.39 is 5.97 Å². The van der Waals surface area contributed by atoms with Gasteiger partial charge in [0.25, 0.3) is 5.97 Å². The van der Waals surface area contributed by atoms with Gasteiger partial charge in [0, 0.05) is 25.7 Å². The molecule has 182 valence electrons. The largest absolute Gasteiger partial charge is 0.328 e. The minimum atomic E-state index is -0.891. The summed E-state index contributed by atoms with van der Waals surface area (Å²) in [5.74, 6) is -0.0719. The van der Waals surface area contributed by atoms with Gasteiger partial charge in [-0.2, -0.15) is 0 Å². The van der Waals surface area contributed by atoms with Gasteiger partial charge in [0.1, 0.15) is 0 Å². The van der Waals surface area contributed by atoms with Crippen LogP contribution in [0.4, 0.5) is 0 Å². The quantitative estimate of drug-likeness (QED) is 0.172. The van der Waals surface area contributed by atoms with Crippen LogP contribution in [0, 0.1) is 5.92 Å². The van der Waals surface area contributed by atoms with E-state index in [1.54, 1.807) is 11.1 Å². The van der Waals surface area contributed by atoms with E-state index in [2.05, 4.69) is 56.3 Å². The van der Waals surface area contributed by atoms with Gasteiger partial charge in [-0.25, -0.2) is 0 Å². The molecule has 2 atom stereocenters. The van der Waals surface area contributed by atoms with Crippen LogP contribution in [0.2, 0.25) is 0 Å².